The van der Waals surface area contributed by atoms with Gasteiger partial charge in [-0.05, 0) is 17.7 Å². The SMILES string of the molecule is CC[N-]CC.OC1C=C2c3cccc4ccn(c34)CC2NC1.[W]. The average Bonchev–Trinajstić information content (AvgIpc) is 2.94. The molecule has 0 fully saturated rings. The molecule has 0 amide bonds. The summed E-state index contributed by atoms with van der Waals surface area (Å²) in [6.07, 6.45) is 3.79. The molecule has 2 unspecified atom stereocenters. The van der Waals surface area contributed by atoms with Crippen LogP contribution in [0.5, 0.6) is 0 Å². The molecular weight excluding hydrogens is 458 g/mol. The van der Waals surface area contributed by atoms with Crippen molar-refractivity contribution in [2.24, 2.45) is 0 Å². The smallest absolute Gasteiger partial charge is 0.0852 e. The number of benzene rings is 1. The number of fused-ring (bicyclic) bond motifs is 2. The number of aromatic nitrogens is 1. The van der Waals surface area contributed by atoms with Crippen LogP contribution in [-0.2, 0) is 27.6 Å². The Balaban J connectivity index is 0.000000284. The first kappa shape index (κ1) is 18.4. The van der Waals surface area contributed by atoms with Gasteiger partial charge in [-0.1, -0.05) is 32.0 Å². The second-order valence-corrected chi connectivity index (χ2v) is 5.72. The van der Waals surface area contributed by atoms with Crippen molar-refractivity contribution in [3.8, 4) is 0 Å². The summed E-state index contributed by atoms with van der Waals surface area (Å²) < 4.78 is 2.30. The molecule has 2 atom stereocenters. The van der Waals surface area contributed by atoms with Gasteiger partial charge in [-0.3, -0.25) is 0 Å². The molecule has 1 aromatic heterocycles. The summed E-state index contributed by atoms with van der Waals surface area (Å²) in [4.78, 5) is 0. The fourth-order valence-electron chi connectivity index (χ4n) is 3.26. The molecule has 0 spiro atoms. The zero-order valence-corrected chi connectivity index (χ0v) is 16.6. The normalized spacial score (nSPS) is 21.6. The van der Waals surface area contributed by atoms with Crippen LogP contribution in [0.3, 0.4) is 0 Å². The Morgan fingerprint density at radius 1 is 1.26 bits per heavy atom. The van der Waals surface area contributed by atoms with Crippen molar-refractivity contribution in [3.63, 3.8) is 0 Å². The van der Waals surface area contributed by atoms with Crippen molar-refractivity contribution in [2.75, 3.05) is 19.6 Å². The van der Waals surface area contributed by atoms with Crippen molar-refractivity contribution < 1.29 is 26.2 Å². The Morgan fingerprint density at radius 2 is 2.04 bits per heavy atom. The van der Waals surface area contributed by atoms with E-state index < -0.39 is 0 Å². The average molecular weight is 482 g/mol. The summed E-state index contributed by atoms with van der Waals surface area (Å²) >= 11 is 0. The number of rotatable bonds is 2. The number of hydrogen-bond acceptors (Lipinski definition) is 2. The minimum absolute atomic E-state index is 0. The molecule has 4 nitrogen and oxygen atoms in total. The molecule has 2 N–H and O–H groups in total. The van der Waals surface area contributed by atoms with Crippen LogP contribution in [0.25, 0.3) is 21.8 Å². The molecular formula is C18H24N3OW-. The van der Waals surface area contributed by atoms with Gasteiger partial charge in [0.25, 0.3) is 0 Å². The number of nitrogens with zero attached hydrogens (tertiary/aromatic N) is 2. The minimum atomic E-state index is -0.363. The molecule has 3 heterocycles. The Bertz CT molecular complexity index is 678. The fourth-order valence-corrected chi connectivity index (χ4v) is 3.26. The van der Waals surface area contributed by atoms with Crippen molar-refractivity contribution in [1.82, 2.24) is 9.88 Å². The molecule has 2 aromatic rings. The second kappa shape index (κ2) is 8.25. The zero-order valence-electron chi connectivity index (χ0n) is 13.7. The summed E-state index contributed by atoms with van der Waals surface area (Å²) in [7, 11) is 0. The summed E-state index contributed by atoms with van der Waals surface area (Å²) in [5, 5.41) is 18.4. The maximum atomic E-state index is 9.76. The predicted molar refractivity (Wildman–Crippen MR) is 92.2 cm³/mol. The molecule has 4 rings (SSSR count). The topological polar surface area (TPSA) is 51.3 Å². The van der Waals surface area contributed by atoms with Crippen LogP contribution in [-0.4, -0.2) is 41.5 Å². The third kappa shape index (κ3) is 3.77. The molecule has 1 aromatic carbocycles. The van der Waals surface area contributed by atoms with Crippen LogP contribution >= 0.6 is 0 Å². The largest absolute Gasteiger partial charge is 0.663 e. The molecule has 0 bridgehead atoms. The molecule has 5 heteroatoms. The molecule has 2 aliphatic rings. The standard InChI is InChI=1S/C14H14N2O.C4H10N.W/c17-10-6-12-11-3-1-2-9-4-5-16(14(9)11)8-13(12)15-7-10;1-3-5-4-2;/h1-6,10,13,15,17H,7-8H2;3-4H2,1-2H3;/q;-1;. The van der Waals surface area contributed by atoms with E-state index in [-0.39, 0.29) is 27.2 Å². The van der Waals surface area contributed by atoms with Gasteiger partial charge in [0.05, 0.1) is 17.7 Å². The van der Waals surface area contributed by atoms with Gasteiger partial charge in [-0.2, -0.15) is 13.1 Å². The van der Waals surface area contributed by atoms with Crippen molar-refractivity contribution in [1.29, 1.82) is 0 Å². The van der Waals surface area contributed by atoms with E-state index in [1.54, 1.807) is 0 Å². The van der Waals surface area contributed by atoms with E-state index in [0.717, 1.165) is 19.6 Å². The van der Waals surface area contributed by atoms with E-state index in [1.807, 2.05) is 19.9 Å². The number of para-hydroxylation sites is 1. The van der Waals surface area contributed by atoms with Crippen LogP contribution in [0.2, 0.25) is 0 Å². The molecule has 23 heavy (non-hydrogen) atoms. The molecule has 0 saturated carbocycles. The first-order valence-corrected chi connectivity index (χ1v) is 8.09. The third-order valence-electron chi connectivity index (χ3n) is 4.25. The number of aliphatic hydroxyl groups is 1. The summed E-state index contributed by atoms with van der Waals surface area (Å²) in [5.41, 5.74) is 3.81. The van der Waals surface area contributed by atoms with Gasteiger partial charge in [0.2, 0.25) is 0 Å². The second-order valence-electron chi connectivity index (χ2n) is 5.72. The summed E-state index contributed by atoms with van der Waals surface area (Å²) in [5.74, 6) is 0. The van der Waals surface area contributed by atoms with Crippen molar-refractivity contribution in [3.05, 3.63) is 47.4 Å². The van der Waals surface area contributed by atoms with Gasteiger partial charge in [-0.15, -0.1) is 0 Å². The molecule has 2 aliphatic heterocycles. The summed E-state index contributed by atoms with van der Waals surface area (Å²) in [6, 6.07) is 8.88. The minimum Gasteiger partial charge on any atom is -0.663 e. The molecule has 0 saturated heterocycles. The fraction of sp³-hybridized carbons (Fsp3) is 0.444. The van der Waals surface area contributed by atoms with Crippen LogP contribution in [0.1, 0.15) is 19.4 Å². The maximum absolute atomic E-state index is 9.76. The Labute approximate surface area is 152 Å². The van der Waals surface area contributed by atoms with E-state index in [4.69, 9.17) is 0 Å². The molecule has 0 radical (unpaired) electrons. The van der Waals surface area contributed by atoms with E-state index in [0.29, 0.717) is 12.6 Å². The van der Waals surface area contributed by atoms with E-state index in [1.165, 1.54) is 22.0 Å². The Kier molecular flexibility index (Phi) is 6.60. The zero-order chi connectivity index (χ0) is 15.5. The van der Waals surface area contributed by atoms with Crippen LogP contribution in [0.4, 0.5) is 0 Å². The number of β-amino-alcohol motifs (C(OH)–C–C–N with tert-alkyl or cyclic N) is 1. The van der Waals surface area contributed by atoms with Crippen molar-refractivity contribution >= 4 is 16.5 Å². The Morgan fingerprint density at radius 3 is 2.74 bits per heavy atom. The van der Waals surface area contributed by atoms with E-state index in [2.05, 4.69) is 45.7 Å². The summed E-state index contributed by atoms with van der Waals surface area (Å²) in [6.45, 7) is 7.64. The van der Waals surface area contributed by atoms with Crippen LogP contribution < -0.4 is 5.32 Å². The van der Waals surface area contributed by atoms with Gasteiger partial charge >= 0.3 is 0 Å². The Hall–Kier alpha value is -0.932. The maximum Gasteiger partial charge on any atom is 0.0852 e. The molecule has 0 aliphatic carbocycles. The van der Waals surface area contributed by atoms with Gasteiger partial charge in [0.1, 0.15) is 0 Å². The first-order chi connectivity index (χ1) is 10.7. The van der Waals surface area contributed by atoms with Gasteiger partial charge < -0.3 is 20.3 Å². The molecule has 124 valence electrons. The van der Waals surface area contributed by atoms with E-state index in [9.17, 15) is 5.11 Å². The van der Waals surface area contributed by atoms with Gasteiger partial charge in [0.15, 0.2) is 0 Å². The van der Waals surface area contributed by atoms with Crippen LogP contribution in [0, 0.1) is 0 Å². The predicted octanol–water partition coefficient (Wildman–Crippen LogP) is 2.77. The third-order valence-corrected chi connectivity index (χ3v) is 4.25. The van der Waals surface area contributed by atoms with E-state index >= 15 is 0 Å². The van der Waals surface area contributed by atoms with Crippen molar-refractivity contribution in [2.45, 2.75) is 32.5 Å². The first-order valence-electron chi connectivity index (χ1n) is 8.09. The number of hydrogen-bond donors (Lipinski definition) is 2. The van der Waals surface area contributed by atoms with Gasteiger partial charge in [-0.25, -0.2) is 0 Å². The monoisotopic (exact) mass is 482 g/mol. The van der Waals surface area contributed by atoms with Gasteiger partial charge in [0, 0.05) is 51.3 Å². The quantitative estimate of drug-likeness (QED) is 0.692. The number of nitrogens with one attached hydrogen (secondary N) is 1. The number of aliphatic hydroxyl groups excluding tert-OH is 1. The van der Waals surface area contributed by atoms with Crippen LogP contribution in [0.15, 0.2) is 36.5 Å².